The van der Waals surface area contributed by atoms with Crippen LogP contribution in [0.2, 0.25) is 6.82 Å². The molecule has 1 rings (SSSR count). The molecule has 0 fully saturated rings. The topological polar surface area (TPSA) is 0 Å². The summed E-state index contributed by atoms with van der Waals surface area (Å²) >= 11 is 0. The van der Waals surface area contributed by atoms with E-state index in [4.69, 9.17) is 0 Å². The van der Waals surface area contributed by atoms with Gasteiger partial charge in [-0.3, -0.25) is 0 Å². The van der Waals surface area contributed by atoms with Crippen molar-refractivity contribution in [3.63, 3.8) is 0 Å². The Balaban J connectivity index is 2.94. The van der Waals surface area contributed by atoms with Crippen LogP contribution in [0.15, 0.2) is 24.3 Å². The first-order valence-corrected chi connectivity index (χ1v) is 3.82. The second-order valence-corrected chi connectivity index (χ2v) is 2.66. The van der Waals surface area contributed by atoms with Gasteiger partial charge >= 0.3 is 0 Å². The molecule has 0 saturated carbocycles. The van der Waals surface area contributed by atoms with Crippen molar-refractivity contribution in [1.82, 2.24) is 0 Å². The molecule has 1 heteroatoms. The van der Waals surface area contributed by atoms with E-state index < -0.39 is 0 Å². The van der Waals surface area contributed by atoms with Crippen LogP contribution in [0.3, 0.4) is 0 Å². The van der Waals surface area contributed by atoms with E-state index >= 15 is 0 Å². The van der Waals surface area contributed by atoms with Crippen molar-refractivity contribution >= 4 is 12.7 Å². The third-order valence-electron chi connectivity index (χ3n) is 1.75. The summed E-state index contributed by atoms with van der Waals surface area (Å²) in [6.07, 6.45) is 0. The second-order valence-electron chi connectivity index (χ2n) is 2.66. The summed E-state index contributed by atoms with van der Waals surface area (Å²) < 4.78 is 0. The molecule has 1 aromatic rings. The van der Waals surface area contributed by atoms with Crippen LogP contribution in [-0.2, 0) is 0 Å². The molecule has 0 nitrogen and oxygen atoms in total. The number of hydrogen-bond acceptors (Lipinski definition) is 0. The smallest absolute Gasteiger partial charge is 0.00736 e. The minimum atomic E-state index is 0.177. The van der Waals surface area contributed by atoms with Gasteiger partial charge in [-0.1, -0.05) is 29.8 Å². The van der Waals surface area contributed by atoms with Crippen molar-refractivity contribution < 1.29 is 0 Å². The highest BCUT2D eigenvalue weighted by Crippen LogP contribution is 1.91. The highest BCUT2D eigenvalue weighted by atomic mass is 13.8. The fraction of sp³-hybridized carbons (Fsp3) is 0.250. The Labute approximate surface area is 57.1 Å². The molecule has 0 aliphatic rings. The SMILES string of the molecule is C[BH2-]c1cccc(C)c1. The van der Waals surface area contributed by atoms with Crippen molar-refractivity contribution in [2.75, 3.05) is 0 Å². The molecular formula is C8H12B-. The molecule has 0 spiro atoms. The van der Waals surface area contributed by atoms with E-state index in [1.807, 2.05) is 0 Å². The summed E-state index contributed by atoms with van der Waals surface area (Å²) in [5.74, 6) is 0. The van der Waals surface area contributed by atoms with E-state index in [1.165, 1.54) is 5.56 Å². The first-order valence-electron chi connectivity index (χ1n) is 3.82. The van der Waals surface area contributed by atoms with Gasteiger partial charge in [0, 0.05) is 0 Å². The van der Waals surface area contributed by atoms with E-state index in [9.17, 15) is 0 Å². The van der Waals surface area contributed by atoms with Crippen LogP contribution in [0.4, 0.5) is 0 Å². The largest absolute Gasteiger partial charge is 0.217 e. The Morgan fingerprint density at radius 2 is 2.11 bits per heavy atom. The van der Waals surface area contributed by atoms with Crippen LogP contribution < -0.4 is 5.46 Å². The van der Waals surface area contributed by atoms with E-state index in [0.29, 0.717) is 0 Å². The highest BCUT2D eigenvalue weighted by molar-refractivity contribution is 6.51. The van der Waals surface area contributed by atoms with Gasteiger partial charge in [0.15, 0.2) is 0 Å². The lowest BCUT2D eigenvalue weighted by Gasteiger charge is -2.00. The van der Waals surface area contributed by atoms with Crippen LogP contribution in [0.5, 0.6) is 0 Å². The van der Waals surface area contributed by atoms with Gasteiger partial charge in [-0.25, -0.2) is 5.46 Å². The van der Waals surface area contributed by atoms with Crippen molar-refractivity contribution in [3.8, 4) is 0 Å². The Bertz CT molecular complexity index is 194. The lowest BCUT2D eigenvalue weighted by atomic mass is 9.73. The number of rotatable bonds is 1. The van der Waals surface area contributed by atoms with Crippen molar-refractivity contribution in [1.29, 1.82) is 0 Å². The van der Waals surface area contributed by atoms with E-state index in [1.54, 1.807) is 5.46 Å². The Morgan fingerprint density at radius 1 is 1.33 bits per heavy atom. The number of benzene rings is 1. The standard InChI is InChI=1S/C8H12B/c1-7-4-3-5-8(6-7)9-2/h3-6H,9H2,1-2H3/q-1. The normalized spacial score (nSPS) is 9.56. The monoisotopic (exact) mass is 119 g/mol. The molecule has 1 aromatic carbocycles. The van der Waals surface area contributed by atoms with E-state index in [2.05, 4.69) is 38.0 Å². The zero-order valence-corrected chi connectivity index (χ0v) is 6.31. The van der Waals surface area contributed by atoms with Crippen LogP contribution in [-0.4, -0.2) is 7.28 Å². The predicted octanol–water partition coefficient (Wildman–Crippen LogP) is 0.837. The Morgan fingerprint density at radius 3 is 2.56 bits per heavy atom. The number of hydrogen-bond donors (Lipinski definition) is 0. The molecular weight excluding hydrogens is 107 g/mol. The van der Waals surface area contributed by atoms with E-state index in [-0.39, 0.29) is 7.28 Å². The summed E-state index contributed by atoms with van der Waals surface area (Å²) in [7, 11) is 0.177. The van der Waals surface area contributed by atoms with E-state index in [0.717, 1.165) is 0 Å². The summed E-state index contributed by atoms with van der Waals surface area (Å²) in [6.45, 7) is 4.44. The molecule has 0 aromatic heterocycles. The maximum absolute atomic E-state index is 2.30. The molecule has 0 aliphatic carbocycles. The fourth-order valence-electron chi connectivity index (χ4n) is 1.12. The summed E-state index contributed by atoms with van der Waals surface area (Å²) in [4.78, 5) is 0. The maximum Gasteiger partial charge on any atom is -0.00736 e. The zero-order chi connectivity index (χ0) is 6.69. The molecule has 0 unspecified atom stereocenters. The van der Waals surface area contributed by atoms with Crippen molar-refractivity contribution in [2.24, 2.45) is 0 Å². The number of aryl methyl sites for hydroxylation is 1. The molecule has 0 heterocycles. The quantitative estimate of drug-likeness (QED) is 0.480. The lowest BCUT2D eigenvalue weighted by molar-refractivity contribution is 1.49. The van der Waals surface area contributed by atoms with Gasteiger partial charge in [0.05, 0.1) is 0 Å². The molecule has 0 atom stereocenters. The summed E-state index contributed by atoms with van der Waals surface area (Å²) in [5, 5.41) is 0. The Hall–Kier alpha value is -0.715. The third-order valence-corrected chi connectivity index (χ3v) is 1.75. The zero-order valence-electron chi connectivity index (χ0n) is 6.31. The first-order chi connectivity index (χ1) is 4.33. The van der Waals surface area contributed by atoms with Gasteiger partial charge in [0.1, 0.15) is 0 Å². The third kappa shape index (κ3) is 1.60. The van der Waals surface area contributed by atoms with Gasteiger partial charge in [0.25, 0.3) is 0 Å². The minimum Gasteiger partial charge on any atom is -0.217 e. The highest BCUT2D eigenvalue weighted by Gasteiger charge is 1.80. The lowest BCUT2D eigenvalue weighted by Crippen LogP contribution is -2.09. The predicted molar refractivity (Wildman–Crippen MR) is 45.2 cm³/mol. The molecule has 0 aliphatic heterocycles. The molecule has 0 saturated heterocycles. The van der Waals surface area contributed by atoms with Crippen LogP contribution in [0, 0.1) is 6.92 Å². The van der Waals surface area contributed by atoms with Crippen LogP contribution >= 0.6 is 0 Å². The van der Waals surface area contributed by atoms with Gasteiger partial charge in [-0.2, -0.15) is 6.82 Å². The minimum absolute atomic E-state index is 0.177. The molecule has 9 heavy (non-hydrogen) atoms. The maximum atomic E-state index is 2.30. The first kappa shape index (κ1) is 6.41. The van der Waals surface area contributed by atoms with Gasteiger partial charge in [-0.15, -0.1) is 0 Å². The molecule has 0 bridgehead atoms. The van der Waals surface area contributed by atoms with Crippen molar-refractivity contribution in [3.05, 3.63) is 29.8 Å². The van der Waals surface area contributed by atoms with Gasteiger partial charge in [0.2, 0.25) is 0 Å². The fourth-order valence-corrected chi connectivity index (χ4v) is 1.12. The van der Waals surface area contributed by atoms with Crippen LogP contribution in [0.1, 0.15) is 5.56 Å². The molecule has 0 radical (unpaired) electrons. The van der Waals surface area contributed by atoms with Gasteiger partial charge in [-0.05, 0) is 14.2 Å². The molecule has 0 N–H and O–H groups in total. The summed E-state index contributed by atoms with van der Waals surface area (Å²) in [5.41, 5.74) is 2.94. The van der Waals surface area contributed by atoms with Crippen molar-refractivity contribution in [2.45, 2.75) is 13.7 Å². The molecule has 0 amide bonds. The van der Waals surface area contributed by atoms with Crippen LogP contribution in [0.25, 0.3) is 0 Å². The van der Waals surface area contributed by atoms with Gasteiger partial charge < -0.3 is 0 Å². The summed E-state index contributed by atoms with van der Waals surface area (Å²) in [6, 6.07) is 8.77. The average Bonchev–Trinajstić information content (AvgIpc) is 1.88. The second kappa shape index (κ2) is 2.72. The average molecular weight is 119 g/mol. The molecule has 48 valence electrons. The Kier molecular flexibility index (Phi) is 1.94.